The van der Waals surface area contributed by atoms with Gasteiger partial charge in [-0.2, -0.15) is 0 Å². The molecule has 1 aromatic carbocycles. The number of nitrogens with zero attached hydrogens (tertiary/aromatic N) is 3. The molecule has 0 N–H and O–H groups in total. The average Bonchev–Trinajstić information content (AvgIpc) is 2.81. The van der Waals surface area contributed by atoms with Gasteiger partial charge in [-0.3, -0.25) is 14.5 Å². The van der Waals surface area contributed by atoms with Crippen LogP contribution in [0.1, 0.15) is 57.3 Å². The summed E-state index contributed by atoms with van der Waals surface area (Å²) in [5.74, 6) is 2.01. The maximum atomic E-state index is 13.6. The van der Waals surface area contributed by atoms with Crippen LogP contribution in [0.5, 0.6) is 0 Å². The number of amides is 2. The van der Waals surface area contributed by atoms with E-state index in [4.69, 9.17) is 11.6 Å². The van der Waals surface area contributed by atoms with Crippen molar-refractivity contribution in [1.82, 2.24) is 14.7 Å². The molecule has 1 aliphatic heterocycles. The molecule has 3 aliphatic carbocycles. The fourth-order valence-corrected chi connectivity index (χ4v) is 6.11. The van der Waals surface area contributed by atoms with Gasteiger partial charge in [0.2, 0.25) is 5.91 Å². The van der Waals surface area contributed by atoms with Crippen molar-refractivity contribution in [3.8, 4) is 0 Å². The van der Waals surface area contributed by atoms with Gasteiger partial charge in [0.1, 0.15) is 0 Å². The lowest BCUT2D eigenvalue weighted by Gasteiger charge is -2.57. The summed E-state index contributed by atoms with van der Waals surface area (Å²) in [6.45, 7) is 14.3. The van der Waals surface area contributed by atoms with E-state index < -0.39 is 0 Å². The van der Waals surface area contributed by atoms with Crippen LogP contribution in [0.15, 0.2) is 35.9 Å². The third-order valence-electron chi connectivity index (χ3n) is 8.34. The Kier molecular flexibility index (Phi) is 7.73. The molecule has 2 fully saturated rings. The molecule has 2 amide bonds. The molecule has 4 aliphatic rings. The normalized spacial score (nSPS) is 23.9. The van der Waals surface area contributed by atoms with E-state index in [-0.39, 0.29) is 11.8 Å². The summed E-state index contributed by atoms with van der Waals surface area (Å²) in [7, 11) is 0. The van der Waals surface area contributed by atoms with E-state index in [1.807, 2.05) is 28.0 Å². The minimum atomic E-state index is 0.0106. The molecule has 5 rings (SSSR count). The molecule has 34 heavy (non-hydrogen) atoms. The lowest BCUT2D eigenvalue weighted by atomic mass is 9.49. The van der Waals surface area contributed by atoms with Crippen molar-refractivity contribution in [3.05, 3.63) is 46.5 Å². The topological polar surface area (TPSA) is 43.9 Å². The fraction of sp³-hybridized carbons (Fsp3) is 0.643. The predicted octanol–water partition coefficient (Wildman–Crippen LogP) is 4.96. The Morgan fingerprint density at radius 2 is 1.85 bits per heavy atom. The first-order valence-electron chi connectivity index (χ1n) is 12.9. The largest absolute Gasteiger partial charge is 0.340 e. The van der Waals surface area contributed by atoms with Gasteiger partial charge in [-0.15, -0.1) is 0 Å². The van der Waals surface area contributed by atoms with Gasteiger partial charge in [0.25, 0.3) is 5.91 Å². The molecule has 2 unspecified atom stereocenters. The predicted molar refractivity (Wildman–Crippen MR) is 138 cm³/mol. The Hall–Kier alpha value is -1.85. The number of piperazine rings is 1. The van der Waals surface area contributed by atoms with E-state index in [9.17, 15) is 9.59 Å². The number of benzene rings is 1. The van der Waals surface area contributed by atoms with Crippen molar-refractivity contribution in [2.45, 2.75) is 47.0 Å². The monoisotopic (exact) mass is 485 g/mol. The van der Waals surface area contributed by atoms with Crippen molar-refractivity contribution in [2.24, 2.45) is 23.2 Å². The van der Waals surface area contributed by atoms with Crippen LogP contribution in [-0.4, -0.2) is 72.3 Å². The minimum Gasteiger partial charge on any atom is -0.340 e. The van der Waals surface area contributed by atoms with Crippen LogP contribution in [0.2, 0.25) is 5.02 Å². The SMILES string of the molecule is CC(C)CC(=O)N1CCN(CCN(CC2=CCC3CC2C3(C)C)C(=O)c2ccccc2Cl)CC1. The standard InChI is InChI=1S/C28H40ClN3O2/c1-20(2)17-26(33)31-14-11-30(12-15-31)13-16-32(27(34)23-7-5-6-8-25(23)29)19-21-9-10-22-18-24(21)28(22,3)4/h5-9,20,22,24H,10-19H2,1-4H3. The molecule has 1 heterocycles. The molecule has 2 atom stereocenters. The van der Waals surface area contributed by atoms with Crippen LogP contribution in [0.25, 0.3) is 0 Å². The summed E-state index contributed by atoms with van der Waals surface area (Å²) in [5, 5.41) is 0.511. The molecule has 1 saturated heterocycles. The summed E-state index contributed by atoms with van der Waals surface area (Å²) in [6, 6.07) is 7.36. The van der Waals surface area contributed by atoms with E-state index in [0.29, 0.717) is 47.3 Å². The third kappa shape index (κ3) is 5.36. The van der Waals surface area contributed by atoms with Crippen LogP contribution < -0.4 is 0 Å². The summed E-state index contributed by atoms with van der Waals surface area (Å²) in [5.41, 5.74) is 2.33. The molecular formula is C28H40ClN3O2. The minimum absolute atomic E-state index is 0.0106. The smallest absolute Gasteiger partial charge is 0.255 e. The second kappa shape index (κ2) is 10.4. The summed E-state index contributed by atoms with van der Waals surface area (Å²) >= 11 is 6.41. The van der Waals surface area contributed by atoms with Gasteiger partial charge in [-0.1, -0.05) is 63.1 Å². The molecule has 0 aromatic heterocycles. The van der Waals surface area contributed by atoms with Crippen LogP contribution in [-0.2, 0) is 4.79 Å². The Balaban J connectivity index is 1.40. The first-order chi connectivity index (χ1) is 16.2. The van der Waals surface area contributed by atoms with Gasteiger partial charge in [0.05, 0.1) is 10.6 Å². The summed E-state index contributed by atoms with van der Waals surface area (Å²) in [6.07, 6.45) is 5.38. The number of allylic oxidation sites excluding steroid dienone is 1. The number of hydrogen-bond donors (Lipinski definition) is 0. The quantitative estimate of drug-likeness (QED) is 0.488. The zero-order valence-electron chi connectivity index (χ0n) is 21.2. The second-order valence-electron chi connectivity index (χ2n) is 11.3. The average molecular weight is 486 g/mol. The van der Waals surface area contributed by atoms with Gasteiger partial charge in [0.15, 0.2) is 0 Å². The van der Waals surface area contributed by atoms with Crippen molar-refractivity contribution in [1.29, 1.82) is 0 Å². The van der Waals surface area contributed by atoms with Crippen molar-refractivity contribution >= 4 is 23.4 Å². The molecule has 5 nitrogen and oxygen atoms in total. The first kappa shape index (κ1) is 25.2. The van der Waals surface area contributed by atoms with Crippen LogP contribution in [0.4, 0.5) is 0 Å². The number of carbonyl (C=O) groups excluding carboxylic acids is 2. The Bertz CT molecular complexity index is 933. The molecule has 0 radical (unpaired) electrons. The second-order valence-corrected chi connectivity index (χ2v) is 11.8. The maximum absolute atomic E-state index is 13.6. The highest BCUT2D eigenvalue weighted by Crippen LogP contribution is 2.59. The highest BCUT2D eigenvalue weighted by atomic mass is 35.5. The number of fused-ring (bicyclic) bond motifs is 1. The summed E-state index contributed by atoms with van der Waals surface area (Å²) in [4.78, 5) is 32.4. The molecule has 1 aromatic rings. The van der Waals surface area contributed by atoms with E-state index >= 15 is 0 Å². The Morgan fingerprint density at radius 3 is 2.47 bits per heavy atom. The first-order valence-corrected chi connectivity index (χ1v) is 13.3. The molecule has 0 spiro atoms. The van der Waals surface area contributed by atoms with Gasteiger partial charge in [0, 0.05) is 52.2 Å². The van der Waals surface area contributed by atoms with Crippen LogP contribution >= 0.6 is 11.6 Å². The number of hydrogen-bond acceptors (Lipinski definition) is 3. The molecule has 186 valence electrons. The zero-order chi connectivity index (χ0) is 24.5. The van der Waals surface area contributed by atoms with Crippen LogP contribution in [0.3, 0.4) is 0 Å². The highest BCUT2D eigenvalue weighted by molar-refractivity contribution is 6.33. The molecular weight excluding hydrogens is 446 g/mol. The number of halogens is 1. The lowest BCUT2D eigenvalue weighted by Crippen LogP contribution is -2.52. The number of rotatable bonds is 8. The Morgan fingerprint density at radius 1 is 1.15 bits per heavy atom. The lowest BCUT2D eigenvalue weighted by molar-refractivity contribution is -0.133. The highest BCUT2D eigenvalue weighted by Gasteiger charge is 2.51. The van der Waals surface area contributed by atoms with E-state index in [2.05, 4.69) is 38.7 Å². The van der Waals surface area contributed by atoms with Crippen molar-refractivity contribution < 1.29 is 9.59 Å². The molecule has 6 heteroatoms. The molecule has 2 bridgehead atoms. The maximum Gasteiger partial charge on any atom is 0.255 e. The van der Waals surface area contributed by atoms with Gasteiger partial charge in [-0.05, 0) is 48.1 Å². The van der Waals surface area contributed by atoms with Gasteiger partial charge >= 0.3 is 0 Å². The van der Waals surface area contributed by atoms with E-state index in [1.165, 1.54) is 12.0 Å². The van der Waals surface area contributed by atoms with Crippen molar-refractivity contribution in [2.75, 3.05) is 45.8 Å². The summed E-state index contributed by atoms with van der Waals surface area (Å²) < 4.78 is 0. The zero-order valence-corrected chi connectivity index (χ0v) is 22.0. The number of carbonyl (C=O) groups is 2. The molecule has 1 saturated carbocycles. The van der Waals surface area contributed by atoms with Gasteiger partial charge in [-0.25, -0.2) is 0 Å². The van der Waals surface area contributed by atoms with Crippen molar-refractivity contribution in [3.63, 3.8) is 0 Å². The fourth-order valence-electron chi connectivity index (χ4n) is 5.89. The Labute approximate surface area is 210 Å². The van der Waals surface area contributed by atoms with E-state index in [0.717, 1.165) is 45.1 Å². The van der Waals surface area contributed by atoms with Crippen LogP contribution in [0, 0.1) is 23.2 Å². The van der Waals surface area contributed by atoms with E-state index in [1.54, 1.807) is 6.07 Å². The third-order valence-corrected chi connectivity index (χ3v) is 8.67. The van der Waals surface area contributed by atoms with Gasteiger partial charge < -0.3 is 9.80 Å².